The van der Waals surface area contributed by atoms with E-state index in [1.807, 2.05) is 19.1 Å². The Hall–Kier alpha value is -0.770. The second-order valence-electron chi connectivity index (χ2n) is 6.07. The zero-order valence-electron chi connectivity index (χ0n) is 13.3. The predicted molar refractivity (Wildman–Crippen MR) is 89.6 cm³/mol. The van der Waals surface area contributed by atoms with E-state index in [-0.39, 0.29) is 12.4 Å². The third-order valence-corrected chi connectivity index (χ3v) is 4.15. The molecule has 1 heterocycles. The molecule has 3 nitrogen and oxygen atoms in total. The molecule has 21 heavy (non-hydrogen) atoms. The summed E-state index contributed by atoms with van der Waals surface area (Å²) in [4.78, 5) is 2.37. The number of ether oxygens (including phenoxy) is 1. The number of halogens is 1. The van der Waals surface area contributed by atoms with Gasteiger partial charge in [-0.1, -0.05) is 24.1 Å². The molecular weight excluding hydrogens is 286 g/mol. The average Bonchev–Trinajstić information content (AvgIpc) is 2.40. The molecule has 1 fully saturated rings. The fraction of sp³-hybridized carbons (Fsp3) is 0.647. The van der Waals surface area contributed by atoms with Crippen molar-refractivity contribution in [1.82, 2.24) is 4.90 Å². The number of piperidine rings is 1. The quantitative estimate of drug-likeness (QED) is 0.905. The van der Waals surface area contributed by atoms with Crippen molar-refractivity contribution in [2.24, 2.45) is 0 Å². The summed E-state index contributed by atoms with van der Waals surface area (Å²) in [6, 6.07) is 6.72. The summed E-state index contributed by atoms with van der Waals surface area (Å²) in [5.74, 6) is 0.876. The van der Waals surface area contributed by atoms with Crippen molar-refractivity contribution in [2.45, 2.75) is 52.2 Å². The molecule has 1 aliphatic heterocycles. The third-order valence-electron chi connectivity index (χ3n) is 4.15. The standard InChI is InChI=1S/C17H27NO2.ClH/c1-13-7-8-17(14(2)10-13)20-12-16(19)11-18-9-5-4-6-15(18)3;/h7-8,10,15-16,19H,4-6,9,11-12H2,1-3H3;1H. The number of likely N-dealkylation sites (tertiary alicyclic amines) is 1. The lowest BCUT2D eigenvalue weighted by Crippen LogP contribution is -2.43. The van der Waals surface area contributed by atoms with E-state index >= 15 is 0 Å². The Labute approximate surface area is 134 Å². The summed E-state index contributed by atoms with van der Waals surface area (Å²) in [6.45, 7) is 8.54. The second kappa shape index (κ2) is 8.62. The minimum Gasteiger partial charge on any atom is -0.491 e. The van der Waals surface area contributed by atoms with E-state index in [1.54, 1.807) is 0 Å². The van der Waals surface area contributed by atoms with Gasteiger partial charge in [0.05, 0.1) is 0 Å². The number of hydrogen-bond acceptors (Lipinski definition) is 3. The van der Waals surface area contributed by atoms with Crippen LogP contribution in [0.3, 0.4) is 0 Å². The normalized spacial score (nSPS) is 20.7. The van der Waals surface area contributed by atoms with Crippen molar-refractivity contribution in [2.75, 3.05) is 19.7 Å². The van der Waals surface area contributed by atoms with Crippen molar-refractivity contribution < 1.29 is 9.84 Å². The van der Waals surface area contributed by atoms with Gasteiger partial charge in [0, 0.05) is 12.6 Å². The van der Waals surface area contributed by atoms with Crippen LogP contribution in [0.4, 0.5) is 0 Å². The first-order valence-electron chi connectivity index (χ1n) is 7.68. The number of aryl methyl sites for hydroxylation is 2. The Morgan fingerprint density at radius 3 is 2.76 bits per heavy atom. The summed E-state index contributed by atoms with van der Waals surface area (Å²) in [6.07, 6.45) is 3.38. The lowest BCUT2D eigenvalue weighted by molar-refractivity contribution is 0.0436. The monoisotopic (exact) mass is 313 g/mol. The van der Waals surface area contributed by atoms with Gasteiger partial charge >= 0.3 is 0 Å². The van der Waals surface area contributed by atoms with Crippen LogP contribution in [-0.4, -0.2) is 41.8 Å². The van der Waals surface area contributed by atoms with E-state index in [0.29, 0.717) is 19.2 Å². The van der Waals surface area contributed by atoms with Crippen molar-refractivity contribution in [3.8, 4) is 5.75 Å². The van der Waals surface area contributed by atoms with Gasteiger partial charge in [-0.05, 0) is 51.8 Å². The molecule has 1 aliphatic rings. The highest BCUT2D eigenvalue weighted by Gasteiger charge is 2.21. The molecule has 0 amide bonds. The van der Waals surface area contributed by atoms with Gasteiger partial charge in [-0.15, -0.1) is 12.4 Å². The minimum absolute atomic E-state index is 0. The molecule has 1 aromatic rings. The van der Waals surface area contributed by atoms with Gasteiger partial charge in [-0.25, -0.2) is 0 Å². The summed E-state index contributed by atoms with van der Waals surface area (Å²) < 4.78 is 5.75. The van der Waals surface area contributed by atoms with Crippen LogP contribution in [0.15, 0.2) is 18.2 Å². The summed E-state index contributed by atoms with van der Waals surface area (Å²) in [7, 11) is 0. The van der Waals surface area contributed by atoms with Crippen LogP contribution in [0.1, 0.15) is 37.3 Å². The zero-order chi connectivity index (χ0) is 14.5. The Morgan fingerprint density at radius 2 is 2.10 bits per heavy atom. The summed E-state index contributed by atoms with van der Waals surface area (Å²) in [5.41, 5.74) is 2.36. The van der Waals surface area contributed by atoms with Gasteiger partial charge in [0.15, 0.2) is 0 Å². The predicted octanol–water partition coefficient (Wildman–Crippen LogP) is 3.34. The van der Waals surface area contributed by atoms with Crippen LogP contribution >= 0.6 is 12.4 Å². The molecule has 2 rings (SSSR count). The number of aliphatic hydroxyl groups excluding tert-OH is 1. The molecule has 0 spiro atoms. The number of rotatable bonds is 5. The van der Waals surface area contributed by atoms with Crippen molar-refractivity contribution in [1.29, 1.82) is 0 Å². The molecule has 0 aliphatic carbocycles. The molecular formula is C17H28ClNO2. The first-order valence-corrected chi connectivity index (χ1v) is 7.68. The summed E-state index contributed by atoms with van der Waals surface area (Å²) in [5, 5.41) is 10.2. The highest BCUT2D eigenvalue weighted by atomic mass is 35.5. The van der Waals surface area contributed by atoms with Crippen molar-refractivity contribution in [3.63, 3.8) is 0 Å². The highest BCUT2D eigenvalue weighted by molar-refractivity contribution is 5.85. The molecule has 1 saturated heterocycles. The molecule has 0 aromatic heterocycles. The number of aliphatic hydroxyl groups is 1. The molecule has 0 bridgehead atoms. The number of benzene rings is 1. The van der Waals surface area contributed by atoms with Gasteiger partial charge in [-0.3, -0.25) is 4.90 Å². The Balaban J connectivity index is 0.00000220. The smallest absolute Gasteiger partial charge is 0.122 e. The Morgan fingerprint density at radius 1 is 1.33 bits per heavy atom. The topological polar surface area (TPSA) is 32.7 Å². The molecule has 1 aromatic carbocycles. The summed E-state index contributed by atoms with van der Waals surface area (Å²) >= 11 is 0. The first-order chi connectivity index (χ1) is 9.56. The van der Waals surface area contributed by atoms with Gasteiger partial charge in [0.2, 0.25) is 0 Å². The maximum Gasteiger partial charge on any atom is 0.122 e. The molecule has 120 valence electrons. The second-order valence-corrected chi connectivity index (χ2v) is 6.07. The van der Waals surface area contributed by atoms with E-state index in [2.05, 4.69) is 24.8 Å². The lowest BCUT2D eigenvalue weighted by Gasteiger charge is -2.34. The zero-order valence-corrected chi connectivity index (χ0v) is 14.2. The van der Waals surface area contributed by atoms with Crippen LogP contribution < -0.4 is 4.74 Å². The van der Waals surface area contributed by atoms with Gasteiger partial charge in [0.25, 0.3) is 0 Å². The van der Waals surface area contributed by atoms with Crippen molar-refractivity contribution in [3.05, 3.63) is 29.3 Å². The Kier molecular flexibility index (Phi) is 7.50. The van der Waals surface area contributed by atoms with Gasteiger partial charge < -0.3 is 9.84 Å². The van der Waals surface area contributed by atoms with E-state index in [1.165, 1.54) is 24.8 Å². The number of hydrogen-bond donors (Lipinski definition) is 1. The molecule has 1 N–H and O–H groups in total. The number of nitrogens with zero attached hydrogens (tertiary/aromatic N) is 1. The van der Waals surface area contributed by atoms with Gasteiger partial charge in [0.1, 0.15) is 18.5 Å². The first kappa shape index (κ1) is 18.3. The molecule has 0 saturated carbocycles. The van der Waals surface area contributed by atoms with Crippen LogP contribution in [0, 0.1) is 13.8 Å². The average molecular weight is 314 g/mol. The lowest BCUT2D eigenvalue weighted by atomic mass is 10.0. The Bertz CT molecular complexity index is 439. The molecule has 2 unspecified atom stereocenters. The van der Waals surface area contributed by atoms with E-state index in [4.69, 9.17) is 4.74 Å². The van der Waals surface area contributed by atoms with E-state index in [0.717, 1.165) is 17.9 Å². The largest absolute Gasteiger partial charge is 0.491 e. The maximum atomic E-state index is 10.2. The molecule has 4 heteroatoms. The van der Waals surface area contributed by atoms with Crippen LogP contribution in [-0.2, 0) is 0 Å². The molecule has 0 radical (unpaired) electrons. The number of β-amino-alcohol motifs (C(OH)–C–C–N with tert-alkyl or cyclic N) is 1. The van der Waals surface area contributed by atoms with Crippen LogP contribution in [0.5, 0.6) is 5.75 Å². The third kappa shape index (κ3) is 5.50. The SMILES string of the molecule is Cc1ccc(OCC(O)CN2CCCCC2C)c(C)c1.Cl. The minimum atomic E-state index is -0.420. The van der Waals surface area contributed by atoms with Crippen LogP contribution in [0.2, 0.25) is 0 Å². The van der Waals surface area contributed by atoms with Gasteiger partial charge in [-0.2, -0.15) is 0 Å². The van der Waals surface area contributed by atoms with Crippen molar-refractivity contribution >= 4 is 12.4 Å². The fourth-order valence-electron chi connectivity index (χ4n) is 2.90. The van der Waals surface area contributed by atoms with E-state index < -0.39 is 6.10 Å². The van der Waals surface area contributed by atoms with E-state index in [9.17, 15) is 5.11 Å². The fourth-order valence-corrected chi connectivity index (χ4v) is 2.90. The molecule has 2 atom stereocenters. The highest BCUT2D eigenvalue weighted by Crippen LogP contribution is 2.20. The van der Waals surface area contributed by atoms with Crippen LogP contribution in [0.25, 0.3) is 0 Å². The maximum absolute atomic E-state index is 10.2.